The molecule has 0 aromatic heterocycles. The summed E-state index contributed by atoms with van der Waals surface area (Å²) in [7, 11) is -4.84. The molecule has 0 aliphatic rings. The summed E-state index contributed by atoms with van der Waals surface area (Å²) in [6, 6.07) is 0. The molecule has 0 aliphatic carbocycles. The molecule has 0 aliphatic heterocycles. The fraction of sp³-hybridized carbons (Fsp3) is 0.889. The molecule has 0 unspecified atom stereocenters. The number of phosphoric acid groups is 1. The van der Waals surface area contributed by atoms with Crippen molar-refractivity contribution in [2.24, 2.45) is 0 Å². The summed E-state index contributed by atoms with van der Waals surface area (Å²) in [5.74, 6) is 0. The minimum atomic E-state index is -4.84. The molecule has 0 heterocycles. The van der Waals surface area contributed by atoms with Crippen LogP contribution >= 0.6 is 7.82 Å². The summed E-state index contributed by atoms with van der Waals surface area (Å²) in [6.07, 6.45) is 21.8. The third-order valence-corrected chi connectivity index (χ3v) is 4.39. The van der Waals surface area contributed by atoms with E-state index in [1.165, 1.54) is 77.0 Å². The molecule has 24 heavy (non-hydrogen) atoms. The molecule has 0 spiro atoms. The Kier molecular flexibility index (Phi) is 21.7. The Hall–Kier alpha value is 0.313. The van der Waals surface area contributed by atoms with E-state index in [2.05, 4.69) is 11.4 Å². The van der Waals surface area contributed by atoms with Crippen LogP contribution in [0.2, 0.25) is 0 Å². The van der Waals surface area contributed by atoms with Crippen LogP contribution in [0.4, 0.5) is 0 Å². The van der Waals surface area contributed by atoms with Gasteiger partial charge in [-0.2, -0.15) is 0 Å². The van der Waals surface area contributed by atoms with E-state index in [0.29, 0.717) is 0 Å². The zero-order valence-electron chi connectivity index (χ0n) is 15.5. The molecule has 0 atom stereocenters. The fourth-order valence-corrected chi connectivity index (χ4v) is 2.88. The second-order valence-electron chi connectivity index (χ2n) is 6.31. The largest absolute Gasteiger partial charge is 2.00 e. The van der Waals surface area contributed by atoms with E-state index < -0.39 is 7.82 Å². The van der Waals surface area contributed by atoms with Crippen molar-refractivity contribution in [1.82, 2.24) is 0 Å². The molecule has 0 fully saturated rings. The van der Waals surface area contributed by atoms with Gasteiger partial charge in [0, 0.05) is 0 Å². The van der Waals surface area contributed by atoms with Gasteiger partial charge in [-0.1, -0.05) is 90.4 Å². The van der Waals surface area contributed by atoms with Crippen LogP contribution in [-0.4, -0.2) is 0 Å². The molecule has 6 heteroatoms. The molecule has 0 aromatic rings. The number of rotatable bonds is 17. The van der Waals surface area contributed by atoms with Gasteiger partial charge in [-0.3, -0.25) is 0 Å². The summed E-state index contributed by atoms with van der Waals surface area (Å²) in [6.45, 7) is 2.26. The van der Waals surface area contributed by atoms with Crippen molar-refractivity contribution in [2.45, 2.75) is 103 Å². The molecule has 0 rings (SSSR count). The summed E-state index contributed by atoms with van der Waals surface area (Å²) >= 11 is 0. The zero-order valence-corrected chi connectivity index (χ0v) is 19.4. The predicted molar refractivity (Wildman–Crippen MR) is 92.8 cm³/mol. The molecule has 0 aromatic carbocycles. The molecule has 0 saturated carbocycles. The maximum Gasteiger partial charge on any atom is 2.00 e. The first-order chi connectivity index (χ1) is 11.1. The third-order valence-electron chi connectivity index (χ3n) is 4.01. The Bertz CT molecular complexity index is 318. The van der Waals surface area contributed by atoms with Crippen LogP contribution in [0.5, 0.6) is 0 Å². The molecule has 0 saturated heterocycles. The van der Waals surface area contributed by atoms with Gasteiger partial charge in [-0.05, 0) is 18.9 Å². The molecule has 138 valence electrons. The second-order valence-corrected chi connectivity index (χ2v) is 7.41. The fourth-order valence-electron chi connectivity index (χ4n) is 2.64. The topological polar surface area (TPSA) is 72.4 Å². The number of unbranched alkanes of at least 4 members (excludes halogenated alkanes) is 14. The average molecular weight is 412 g/mol. The van der Waals surface area contributed by atoms with E-state index in [4.69, 9.17) is 0 Å². The van der Waals surface area contributed by atoms with Crippen LogP contribution < -0.4 is 9.79 Å². The van der Waals surface area contributed by atoms with E-state index in [1.807, 2.05) is 0 Å². The molecular weight excluding hydrogens is 377 g/mol. The van der Waals surface area contributed by atoms with Gasteiger partial charge in [0.05, 0.1) is 6.26 Å². The zero-order chi connectivity index (χ0) is 17.2. The van der Waals surface area contributed by atoms with Crippen LogP contribution in [0, 0.1) is 0 Å². The smallest absolute Gasteiger partial charge is 0.780 e. The van der Waals surface area contributed by atoms with E-state index in [1.54, 1.807) is 6.08 Å². The van der Waals surface area contributed by atoms with Gasteiger partial charge >= 0.3 is 19.5 Å². The van der Waals surface area contributed by atoms with Gasteiger partial charge in [0.25, 0.3) is 0 Å². The molecule has 4 nitrogen and oxygen atoms in total. The van der Waals surface area contributed by atoms with Gasteiger partial charge in [0.2, 0.25) is 0 Å². The number of hydrogen-bond donors (Lipinski definition) is 0. The Labute approximate surface area is 161 Å². The normalized spacial score (nSPS) is 11.6. The van der Waals surface area contributed by atoms with Crippen molar-refractivity contribution in [1.29, 1.82) is 0 Å². The Morgan fingerprint density at radius 3 is 1.50 bits per heavy atom. The maximum atomic E-state index is 10.2. The first kappa shape index (κ1) is 26.5. The van der Waals surface area contributed by atoms with Crippen LogP contribution in [0.15, 0.2) is 12.3 Å². The minimum Gasteiger partial charge on any atom is -0.780 e. The van der Waals surface area contributed by atoms with Gasteiger partial charge in [-0.15, -0.1) is 0 Å². The summed E-state index contributed by atoms with van der Waals surface area (Å²) in [5, 5.41) is 0. The maximum absolute atomic E-state index is 10.2. The van der Waals surface area contributed by atoms with Crippen molar-refractivity contribution in [3.63, 3.8) is 0 Å². The average Bonchev–Trinajstić information content (AvgIpc) is 2.49. The SMILES string of the molecule is CCCCCCCCCCCCCCCCC=COP(=O)([O-])[O-].[Zn+2]. The van der Waals surface area contributed by atoms with Crippen molar-refractivity contribution < 1.29 is 38.4 Å². The van der Waals surface area contributed by atoms with Crippen LogP contribution in [0.3, 0.4) is 0 Å². The summed E-state index contributed by atoms with van der Waals surface area (Å²) < 4.78 is 14.2. The van der Waals surface area contributed by atoms with Gasteiger partial charge in [0.1, 0.15) is 7.82 Å². The number of phosphoric ester groups is 1. The van der Waals surface area contributed by atoms with Crippen molar-refractivity contribution >= 4 is 7.82 Å². The van der Waals surface area contributed by atoms with E-state index >= 15 is 0 Å². The van der Waals surface area contributed by atoms with Gasteiger partial charge in [-0.25, -0.2) is 0 Å². The minimum absolute atomic E-state index is 0. The van der Waals surface area contributed by atoms with Crippen molar-refractivity contribution in [3.8, 4) is 0 Å². The Balaban J connectivity index is 0. The molecule has 0 amide bonds. The van der Waals surface area contributed by atoms with E-state index in [9.17, 15) is 14.4 Å². The van der Waals surface area contributed by atoms with Crippen LogP contribution in [0.25, 0.3) is 0 Å². The Morgan fingerprint density at radius 2 is 1.12 bits per heavy atom. The van der Waals surface area contributed by atoms with Crippen LogP contribution in [0.1, 0.15) is 103 Å². The van der Waals surface area contributed by atoms with Gasteiger partial charge in [0.15, 0.2) is 0 Å². The first-order valence-corrected chi connectivity index (χ1v) is 10.9. The van der Waals surface area contributed by atoms with E-state index in [0.717, 1.165) is 25.5 Å². The monoisotopic (exact) mass is 410 g/mol. The first-order valence-electron chi connectivity index (χ1n) is 9.41. The van der Waals surface area contributed by atoms with Crippen LogP contribution in [-0.2, 0) is 28.6 Å². The standard InChI is InChI=1S/C18H37O4P.Zn/c1-2-3-4-5-6-7-8-9-10-11-12-13-14-15-16-17-18-22-23(19,20)21;/h17-18H,2-16H2,1H3,(H2,19,20,21);/q;+2/p-2. The summed E-state index contributed by atoms with van der Waals surface area (Å²) in [5.41, 5.74) is 0. The Morgan fingerprint density at radius 1 is 0.750 bits per heavy atom. The number of allylic oxidation sites excluding steroid dienone is 1. The molecule has 0 radical (unpaired) electrons. The third kappa shape index (κ3) is 24.6. The number of hydrogen-bond acceptors (Lipinski definition) is 4. The van der Waals surface area contributed by atoms with Crippen molar-refractivity contribution in [3.05, 3.63) is 12.3 Å². The second kappa shape index (κ2) is 19.6. The molecule has 0 N–H and O–H groups in total. The van der Waals surface area contributed by atoms with Crippen molar-refractivity contribution in [2.75, 3.05) is 0 Å². The molecular formula is C18H35O4PZn. The van der Waals surface area contributed by atoms with Gasteiger partial charge < -0.3 is 18.9 Å². The quantitative estimate of drug-likeness (QED) is 0.142. The van der Waals surface area contributed by atoms with E-state index in [-0.39, 0.29) is 19.5 Å². The summed E-state index contributed by atoms with van der Waals surface area (Å²) in [4.78, 5) is 20.4. The molecule has 0 bridgehead atoms. The predicted octanol–water partition coefficient (Wildman–Crippen LogP) is 5.21.